The lowest BCUT2D eigenvalue weighted by atomic mass is 9.87. The normalized spacial score (nSPS) is 27.5. The van der Waals surface area contributed by atoms with Crippen molar-refractivity contribution >= 4 is 42.1 Å². The highest BCUT2D eigenvalue weighted by Gasteiger charge is 2.45. The van der Waals surface area contributed by atoms with E-state index >= 15 is 0 Å². The predicted octanol–water partition coefficient (Wildman–Crippen LogP) is 3.70. The molecule has 0 radical (unpaired) electrons. The van der Waals surface area contributed by atoms with Crippen molar-refractivity contribution in [3.05, 3.63) is 35.9 Å². The summed E-state index contributed by atoms with van der Waals surface area (Å²) in [7, 11) is 3.10. The highest BCUT2D eigenvalue weighted by atomic mass is 33.1. The summed E-state index contributed by atoms with van der Waals surface area (Å²) in [5, 5.41) is 2.75. The Kier molecular flexibility index (Phi) is 10.1. The molecule has 0 aromatic heterocycles. The fourth-order valence-electron chi connectivity index (χ4n) is 3.08. The average Bonchev–Trinajstić information content (AvgIpc) is 2.80. The van der Waals surface area contributed by atoms with E-state index < -0.39 is 20.1 Å². The zero-order chi connectivity index (χ0) is 23.0. The first-order valence-electron chi connectivity index (χ1n) is 10.4. The molecule has 8 nitrogen and oxygen atoms in total. The number of esters is 1. The van der Waals surface area contributed by atoms with E-state index in [1.54, 1.807) is 21.6 Å². The maximum absolute atomic E-state index is 12.7. The van der Waals surface area contributed by atoms with Gasteiger partial charge < -0.3 is 23.8 Å². The summed E-state index contributed by atoms with van der Waals surface area (Å²) in [4.78, 5) is 24.0. The maximum atomic E-state index is 12.7. The van der Waals surface area contributed by atoms with Gasteiger partial charge in [-0.15, -0.1) is 0 Å². The van der Waals surface area contributed by atoms with Crippen LogP contribution in [0.2, 0.25) is 0 Å². The number of nitrogens with one attached hydrogen (secondary N) is 1. The van der Waals surface area contributed by atoms with Crippen LogP contribution in [0.15, 0.2) is 30.3 Å². The fraction of sp³-hybridized carbons (Fsp3) is 0.619. The topological polar surface area (TPSA) is 92.3 Å². The number of carbonyl (C=O) groups excluding carboxylic acids is 2. The van der Waals surface area contributed by atoms with Gasteiger partial charge >= 0.3 is 14.6 Å². The lowest BCUT2D eigenvalue weighted by Gasteiger charge is -2.41. The molecule has 1 N–H and O–H groups in total. The van der Waals surface area contributed by atoms with Gasteiger partial charge in [0.05, 0.1) is 32.8 Å². The molecule has 1 amide bonds. The van der Waals surface area contributed by atoms with Gasteiger partial charge in [0, 0.05) is 23.5 Å². The molecule has 1 aromatic rings. The summed E-state index contributed by atoms with van der Waals surface area (Å²) in [5.41, 5.74) is 0.577. The van der Waals surface area contributed by atoms with E-state index in [1.165, 1.54) is 7.11 Å². The van der Waals surface area contributed by atoms with Crippen molar-refractivity contribution in [3.8, 4) is 0 Å². The van der Waals surface area contributed by atoms with E-state index in [-0.39, 0.29) is 37.0 Å². The molecule has 2 aliphatic heterocycles. The van der Waals surface area contributed by atoms with Crippen LogP contribution in [0, 0.1) is 5.41 Å². The van der Waals surface area contributed by atoms with Gasteiger partial charge in [0.15, 0.2) is 6.10 Å². The van der Waals surface area contributed by atoms with E-state index in [9.17, 15) is 9.59 Å². The quantitative estimate of drug-likeness (QED) is 0.308. The molecule has 32 heavy (non-hydrogen) atoms. The number of hydrogen-bond donors (Lipinski definition) is 1. The Labute approximate surface area is 198 Å². The van der Waals surface area contributed by atoms with E-state index in [0.717, 1.165) is 17.1 Å². The summed E-state index contributed by atoms with van der Waals surface area (Å²) < 4.78 is 28.7. The summed E-state index contributed by atoms with van der Waals surface area (Å²) in [6, 6.07) is 10.0. The second kappa shape index (κ2) is 12.6. The van der Waals surface area contributed by atoms with Crippen LogP contribution in [0.4, 0.5) is 0 Å². The number of rotatable bonds is 9. The van der Waals surface area contributed by atoms with Crippen molar-refractivity contribution in [2.45, 2.75) is 45.2 Å². The molecule has 178 valence electrons. The van der Waals surface area contributed by atoms with Crippen LogP contribution < -0.4 is 5.32 Å². The van der Waals surface area contributed by atoms with Crippen molar-refractivity contribution in [2.75, 3.05) is 31.8 Å². The number of carbonyl (C=O) groups is 2. The van der Waals surface area contributed by atoms with Gasteiger partial charge in [0.2, 0.25) is 5.91 Å². The third-order valence-corrected chi connectivity index (χ3v) is 8.61. The van der Waals surface area contributed by atoms with Gasteiger partial charge in [-0.05, 0) is 5.56 Å². The maximum Gasteiger partial charge on any atom is 0.333 e. The molecule has 2 aliphatic rings. The van der Waals surface area contributed by atoms with Crippen LogP contribution in [0.25, 0.3) is 0 Å². The lowest BCUT2D eigenvalue weighted by molar-refractivity contribution is -0.142. The average molecular weight is 504 g/mol. The van der Waals surface area contributed by atoms with Crippen molar-refractivity contribution in [2.24, 2.45) is 5.41 Å². The van der Waals surface area contributed by atoms with Crippen molar-refractivity contribution in [1.82, 2.24) is 5.32 Å². The largest absolute Gasteiger partial charge is 0.469 e. The molecule has 3 rings (SSSR count). The molecule has 11 heteroatoms. The number of ether oxygens (including phenoxy) is 2. The molecule has 0 spiro atoms. The minimum atomic E-state index is -1.70. The van der Waals surface area contributed by atoms with Crippen LogP contribution in [-0.4, -0.2) is 62.0 Å². The SMILES string of the molecule is COC(=O)CCNC(=O)C1OP(OC2CSSCC2OCc2ccccc2)OCC1(C)C. The van der Waals surface area contributed by atoms with Gasteiger partial charge in [-0.3, -0.25) is 14.1 Å². The number of methoxy groups -OCH3 is 1. The van der Waals surface area contributed by atoms with Crippen molar-refractivity contribution < 1.29 is 32.6 Å². The van der Waals surface area contributed by atoms with Crippen molar-refractivity contribution in [1.29, 1.82) is 0 Å². The monoisotopic (exact) mass is 503 g/mol. The molecule has 0 aliphatic carbocycles. The molecule has 2 heterocycles. The van der Waals surface area contributed by atoms with Crippen LogP contribution in [0.5, 0.6) is 0 Å². The van der Waals surface area contributed by atoms with Crippen molar-refractivity contribution in [3.63, 3.8) is 0 Å². The zero-order valence-electron chi connectivity index (χ0n) is 18.5. The Hall–Kier alpha value is -0.870. The molecule has 2 fully saturated rings. The Morgan fingerprint density at radius 2 is 1.91 bits per heavy atom. The van der Waals surface area contributed by atoms with Crippen LogP contribution in [0.3, 0.4) is 0 Å². The predicted molar refractivity (Wildman–Crippen MR) is 126 cm³/mol. The molecule has 0 saturated carbocycles. The minimum Gasteiger partial charge on any atom is -0.469 e. The van der Waals surface area contributed by atoms with Gasteiger partial charge in [-0.2, -0.15) is 0 Å². The first-order valence-corrected chi connectivity index (χ1v) is 14.0. The Morgan fingerprint density at radius 3 is 2.62 bits per heavy atom. The standard InChI is InChI=1S/C21H30NO7PS2/c1-21(2)14-27-30(29-19(21)20(24)22-10-9-18(23)25-3)28-17-13-32-31-12-16(17)26-11-15-7-5-4-6-8-15/h4-8,16-17,19H,9-14H2,1-3H3,(H,22,24). The first-order chi connectivity index (χ1) is 15.4. The summed E-state index contributed by atoms with van der Waals surface area (Å²) in [5.74, 6) is 0.879. The van der Waals surface area contributed by atoms with Gasteiger partial charge in [-0.25, -0.2) is 0 Å². The van der Waals surface area contributed by atoms with Gasteiger partial charge in [-0.1, -0.05) is 65.8 Å². The van der Waals surface area contributed by atoms with Crippen LogP contribution in [-0.2, 0) is 39.2 Å². The molecular formula is C21H30NO7PS2. The smallest absolute Gasteiger partial charge is 0.333 e. The number of amides is 1. The Bertz CT molecular complexity index is 755. The van der Waals surface area contributed by atoms with Gasteiger partial charge in [0.1, 0.15) is 6.10 Å². The van der Waals surface area contributed by atoms with Gasteiger partial charge in [0.25, 0.3) is 0 Å². The molecular weight excluding hydrogens is 473 g/mol. The molecule has 2 saturated heterocycles. The Morgan fingerprint density at radius 1 is 1.19 bits per heavy atom. The zero-order valence-corrected chi connectivity index (χ0v) is 21.0. The summed E-state index contributed by atoms with van der Waals surface area (Å²) in [6.45, 7) is 4.84. The second-order valence-electron chi connectivity index (χ2n) is 8.14. The van der Waals surface area contributed by atoms with Crippen LogP contribution >= 0.6 is 30.2 Å². The molecule has 4 unspecified atom stereocenters. The number of benzene rings is 1. The third kappa shape index (κ3) is 7.58. The first kappa shape index (κ1) is 25.7. The summed E-state index contributed by atoms with van der Waals surface area (Å²) in [6.07, 6.45) is -0.929. The second-order valence-corrected chi connectivity index (χ2v) is 11.8. The van der Waals surface area contributed by atoms with E-state index in [2.05, 4.69) is 10.1 Å². The minimum absolute atomic E-state index is 0.0987. The molecule has 0 bridgehead atoms. The lowest BCUT2D eigenvalue weighted by Crippen LogP contribution is -2.50. The highest BCUT2D eigenvalue weighted by Crippen LogP contribution is 2.52. The molecule has 1 aromatic carbocycles. The highest BCUT2D eigenvalue weighted by molar-refractivity contribution is 8.76. The Balaban J connectivity index is 1.54. The third-order valence-electron chi connectivity index (χ3n) is 5.03. The fourth-order valence-corrected chi connectivity index (χ4v) is 7.21. The van der Waals surface area contributed by atoms with E-state index in [0.29, 0.717) is 13.2 Å². The van der Waals surface area contributed by atoms with Crippen LogP contribution in [0.1, 0.15) is 25.8 Å². The van der Waals surface area contributed by atoms with E-state index in [1.807, 2.05) is 44.2 Å². The van der Waals surface area contributed by atoms with E-state index in [4.69, 9.17) is 18.3 Å². The summed E-state index contributed by atoms with van der Waals surface area (Å²) >= 11 is 0. The molecule has 4 atom stereocenters. The number of hydrogen-bond acceptors (Lipinski definition) is 9.